The fourth-order valence-corrected chi connectivity index (χ4v) is 1.36. The molecular weight excluding hydrogens is 295 g/mol. The zero-order chi connectivity index (χ0) is 11.3. The molecule has 0 saturated heterocycles. The highest BCUT2D eigenvalue weighted by atomic mass is 79.9. The summed E-state index contributed by atoms with van der Waals surface area (Å²) in [4.78, 5) is 15.2. The summed E-state index contributed by atoms with van der Waals surface area (Å²) in [5, 5.41) is 0. The number of esters is 1. The summed E-state index contributed by atoms with van der Waals surface area (Å²) in [5.41, 5.74) is 6.65. The molecule has 2 N–H and O–H groups in total. The minimum absolute atomic E-state index is 0. The van der Waals surface area contributed by atoms with Crippen molar-refractivity contribution >= 4 is 34.3 Å². The molecule has 0 spiro atoms. The summed E-state index contributed by atoms with van der Waals surface area (Å²) in [5.74, 6) is -0.284. The molecule has 0 aromatic carbocycles. The quantitative estimate of drug-likeness (QED) is 0.684. The van der Waals surface area contributed by atoms with E-state index in [1.807, 2.05) is 6.07 Å². The number of pyridine rings is 1. The Bertz CT molecular complexity index is 332. The minimum Gasteiger partial charge on any atom is -0.466 e. The average Bonchev–Trinajstić information content (AvgIpc) is 2.18. The van der Waals surface area contributed by atoms with E-state index in [9.17, 15) is 4.79 Å². The van der Waals surface area contributed by atoms with Gasteiger partial charge in [0.15, 0.2) is 0 Å². The van der Waals surface area contributed by atoms with Crippen molar-refractivity contribution in [1.29, 1.82) is 0 Å². The molecule has 0 bridgehead atoms. The van der Waals surface area contributed by atoms with Gasteiger partial charge in [-0.05, 0) is 34.5 Å². The molecule has 90 valence electrons. The van der Waals surface area contributed by atoms with Gasteiger partial charge in [0, 0.05) is 12.2 Å². The maximum atomic E-state index is 11.2. The third kappa shape index (κ3) is 4.92. The van der Waals surface area contributed by atoms with Crippen LogP contribution >= 0.6 is 28.3 Å². The van der Waals surface area contributed by atoms with Gasteiger partial charge in [-0.15, -0.1) is 12.4 Å². The van der Waals surface area contributed by atoms with Crippen molar-refractivity contribution in [2.75, 3.05) is 6.61 Å². The second-order valence-electron chi connectivity index (χ2n) is 3.03. The molecule has 0 saturated carbocycles. The van der Waals surface area contributed by atoms with Crippen LogP contribution in [-0.4, -0.2) is 17.6 Å². The van der Waals surface area contributed by atoms with E-state index in [4.69, 9.17) is 10.5 Å². The number of rotatable bonds is 4. The van der Waals surface area contributed by atoms with Crippen LogP contribution in [-0.2, 0) is 9.53 Å². The smallest absolute Gasteiger partial charge is 0.307 e. The van der Waals surface area contributed by atoms with Crippen molar-refractivity contribution in [2.45, 2.75) is 19.4 Å². The van der Waals surface area contributed by atoms with Gasteiger partial charge in [-0.2, -0.15) is 0 Å². The molecule has 0 aliphatic heterocycles. The van der Waals surface area contributed by atoms with Crippen molar-refractivity contribution in [3.8, 4) is 0 Å². The molecule has 0 amide bonds. The Labute approximate surface area is 109 Å². The van der Waals surface area contributed by atoms with E-state index in [1.165, 1.54) is 0 Å². The van der Waals surface area contributed by atoms with Crippen molar-refractivity contribution in [3.63, 3.8) is 0 Å². The number of nitrogens with zero attached hydrogens (tertiary/aromatic N) is 1. The normalized spacial score (nSPS) is 11.4. The number of halogens is 2. The molecule has 0 aliphatic rings. The van der Waals surface area contributed by atoms with E-state index in [0.29, 0.717) is 6.61 Å². The molecular formula is C10H14BrClN2O2. The lowest BCUT2D eigenvalue weighted by Gasteiger charge is -2.10. The molecule has 0 radical (unpaired) electrons. The summed E-state index contributed by atoms with van der Waals surface area (Å²) >= 11 is 3.23. The Morgan fingerprint density at radius 1 is 1.62 bits per heavy atom. The lowest BCUT2D eigenvalue weighted by atomic mass is 10.1. The Morgan fingerprint density at radius 2 is 2.31 bits per heavy atom. The number of ether oxygens (including phenoxy) is 1. The lowest BCUT2D eigenvalue weighted by Crippen LogP contribution is -2.17. The summed E-state index contributed by atoms with van der Waals surface area (Å²) in [6, 6.07) is 3.27. The molecule has 16 heavy (non-hydrogen) atoms. The van der Waals surface area contributed by atoms with E-state index in [0.717, 1.165) is 10.2 Å². The van der Waals surface area contributed by atoms with Crippen LogP contribution in [0.1, 0.15) is 24.9 Å². The van der Waals surface area contributed by atoms with Gasteiger partial charge < -0.3 is 10.5 Å². The standard InChI is InChI=1S/C10H13BrN2O2.ClH/c1-2-15-10(14)5-8(12)7-3-4-9(11)13-6-7;/h3-4,6,8H,2,5,12H2,1H3;1H/t8-;/m1./s1. The van der Waals surface area contributed by atoms with Crippen molar-refractivity contribution in [3.05, 3.63) is 28.5 Å². The van der Waals surface area contributed by atoms with Crippen molar-refractivity contribution < 1.29 is 9.53 Å². The van der Waals surface area contributed by atoms with Crippen LogP contribution in [0.4, 0.5) is 0 Å². The van der Waals surface area contributed by atoms with Gasteiger partial charge in [-0.3, -0.25) is 4.79 Å². The fraction of sp³-hybridized carbons (Fsp3) is 0.400. The average molecular weight is 310 g/mol. The molecule has 6 heteroatoms. The predicted molar refractivity (Wildman–Crippen MR) is 67.4 cm³/mol. The zero-order valence-corrected chi connectivity index (χ0v) is 11.3. The first-order valence-electron chi connectivity index (χ1n) is 4.66. The Hall–Kier alpha value is -0.650. The van der Waals surface area contributed by atoms with E-state index >= 15 is 0 Å². The Balaban J connectivity index is 0.00000225. The molecule has 4 nitrogen and oxygen atoms in total. The SMILES string of the molecule is CCOC(=O)C[C@@H](N)c1ccc(Br)nc1.Cl. The van der Waals surface area contributed by atoms with Gasteiger partial charge in [0.1, 0.15) is 4.60 Å². The van der Waals surface area contributed by atoms with E-state index in [1.54, 1.807) is 19.2 Å². The second kappa shape index (κ2) is 7.60. The van der Waals surface area contributed by atoms with Crippen LogP contribution in [0.3, 0.4) is 0 Å². The van der Waals surface area contributed by atoms with Gasteiger partial charge in [-0.1, -0.05) is 6.07 Å². The number of carbonyl (C=O) groups excluding carboxylic acids is 1. The highest BCUT2D eigenvalue weighted by molar-refractivity contribution is 9.10. The number of nitrogens with two attached hydrogens (primary N) is 1. The number of carbonyl (C=O) groups is 1. The Kier molecular flexibility index (Phi) is 7.29. The van der Waals surface area contributed by atoms with Crippen LogP contribution in [0.25, 0.3) is 0 Å². The van der Waals surface area contributed by atoms with Gasteiger partial charge in [-0.25, -0.2) is 4.98 Å². The summed E-state index contributed by atoms with van der Waals surface area (Å²) in [7, 11) is 0. The monoisotopic (exact) mass is 308 g/mol. The van der Waals surface area contributed by atoms with E-state index in [-0.39, 0.29) is 30.8 Å². The number of aromatic nitrogens is 1. The molecule has 1 aromatic heterocycles. The first-order valence-corrected chi connectivity index (χ1v) is 5.45. The molecule has 1 aromatic rings. The maximum Gasteiger partial charge on any atom is 0.307 e. The highest BCUT2D eigenvalue weighted by Crippen LogP contribution is 2.15. The molecule has 1 heterocycles. The van der Waals surface area contributed by atoms with Crippen LogP contribution in [0.15, 0.2) is 22.9 Å². The van der Waals surface area contributed by atoms with Crippen LogP contribution in [0.2, 0.25) is 0 Å². The zero-order valence-electron chi connectivity index (χ0n) is 8.85. The maximum absolute atomic E-state index is 11.2. The highest BCUT2D eigenvalue weighted by Gasteiger charge is 2.12. The van der Waals surface area contributed by atoms with Gasteiger partial charge >= 0.3 is 5.97 Å². The van der Waals surface area contributed by atoms with Crippen LogP contribution in [0, 0.1) is 0 Å². The number of hydrogen-bond acceptors (Lipinski definition) is 4. The van der Waals surface area contributed by atoms with Crippen molar-refractivity contribution in [2.24, 2.45) is 5.73 Å². The summed E-state index contributed by atoms with van der Waals surface area (Å²) < 4.78 is 5.55. The molecule has 0 aliphatic carbocycles. The van der Waals surface area contributed by atoms with Crippen LogP contribution in [0.5, 0.6) is 0 Å². The van der Waals surface area contributed by atoms with Gasteiger partial charge in [0.2, 0.25) is 0 Å². The first-order chi connectivity index (χ1) is 7.13. The molecule has 0 unspecified atom stereocenters. The summed E-state index contributed by atoms with van der Waals surface area (Å²) in [6.07, 6.45) is 1.82. The summed E-state index contributed by atoms with van der Waals surface area (Å²) in [6.45, 7) is 2.15. The van der Waals surface area contributed by atoms with E-state index in [2.05, 4.69) is 20.9 Å². The number of hydrogen-bond donors (Lipinski definition) is 1. The first kappa shape index (κ1) is 15.3. The van der Waals surface area contributed by atoms with E-state index < -0.39 is 0 Å². The third-order valence-electron chi connectivity index (χ3n) is 1.87. The largest absolute Gasteiger partial charge is 0.466 e. The Morgan fingerprint density at radius 3 is 2.81 bits per heavy atom. The predicted octanol–water partition coefficient (Wildman–Crippen LogP) is 2.22. The molecule has 1 rings (SSSR count). The third-order valence-corrected chi connectivity index (χ3v) is 2.34. The topological polar surface area (TPSA) is 65.2 Å². The second-order valence-corrected chi connectivity index (χ2v) is 3.84. The minimum atomic E-state index is -0.357. The fourth-order valence-electron chi connectivity index (χ4n) is 1.12. The molecule has 1 atom stereocenters. The van der Waals surface area contributed by atoms with Crippen LogP contribution < -0.4 is 5.73 Å². The van der Waals surface area contributed by atoms with Gasteiger partial charge in [0.25, 0.3) is 0 Å². The molecule has 0 fully saturated rings. The van der Waals surface area contributed by atoms with Crippen molar-refractivity contribution in [1.82, 2.24) is 4.98 Å². The van der Waals surface area contributed by atoms with Gasteiger partial charge in [0.05, 0.1) is 13.0 Å². The lowest BCUT2D eigenvalue weighted by molar-refractivity contribution is -0.143.